The van der Waals surface area contributed by atoms with Gasteiger partial charge in [0.25, 0.3) is 0 Å². The molecule has 2 atom stereocenters. The van der Waals surface area contributed by atoms with E-state index in [1.165, 1.54) is 0 Å². The molecule has 0 aliphatic carbocycles. The molecule has 2 N–H and O–H groups in total. The molecule has 2 rings (SSSR count). The van der Waals surface area contributed by atoms with E-state index in [4.69, 9.17) is 9.84 Å². The lowest BCUT2D eigenvalue weighted by Gasteiger charge is -2.22. The van der Waals surface area contributed by atoms with E-state index < -0.39 is 24.2 Å². The summed E-state index contributed by atoms with van der Waals surface area (Å²) in [6.07, 6.45) is -1.51. The number of aliphatic hydroxyl groups is 1. The molecule has 1 aromatic rings. The number of nitrogens with zero attached hydrogens (tertiary/aromatic N) is 1. The monoisotopic (exact) mass is 265 g/mol. The van der Waals surface area contributed by atoms with E-state index in [0.717, 1.165) is 10.5 Å². The minimum atomic E-state index is -1.22. The molecule has 1 aliphatic rings. The number of carbonyl (C=O) groups excluding carboxylic acids is 1. The lowest BCUT2D eigenvalue weighted by atomic mass is 10.2. The molecule has 1 saturated heterocycles. The molecule has 1 fully saturated rings. The Morgan fingerprint density at radius 3 is 2.63 bits per heavy atom. The van der Waals surface area contributed by atoms with Crippen LogP contribution in [0.25, 0.3) is 0 Å². The van der Waals surface area contributed by atoms with E-state index in [-0.39, 0.29) is 19.6 Å². The minimum Gasteiger partial charge on any atom is -0.480 e. The maximum atomic E-state index is 11.8. The Morgan fingerprint density at radius 1 is 1.32 bits per heavy atom. The zero-order valence-electron chi connectivity index (χ0n) is 10.2. The first-order valence-electron chi connectivity index (χ1n) is 5.98. The molecule has 0 spiro atoms. The van der Waals surface area contributed by atoms with Crippen LogP contribution < -0.4 is 0 Å². The van der Waals surface area contributed by atoms with Gasteiger partial charge in [-0.05, 0) is 12.0 Å². The van der Waals surface area contributed by atoms with Gasteiger partial charge in [-0.25, -0.2) is 9.59 Å². The van der Waals surface area contributed by atoms with Gasteiger partial charge in [-0.15, -0.1) is 0 Å². The summed E-state index contributed by atoms with van der Waals surface area (Å²) in [6.45, 7) is 0.268. The number of carboxylic acids is 1. The minimum absolute atomic E-state index is 0.0820. The van der Waals surface area contributed by atoms with Crippen molar-refractivity contribution in [3.63, 3.8) is 0 Å². The average molecular weight is 265 g/mol. The van der Waals surface area contributed by atoms with Gasteiger partial charge < -0.3 is 14.9 Å². The quantitative estimate of drug-likeness (QED) is 0.845. The molecule has 102 valence electrons. The molecule has 6 nitrogen and oxygen atoms in total. The predicted octanol–water partition coefficient (Wildman–Crippen LogP) is 0.843. The van der Waals surface area contributed by atoms with Gasteiger partial charge in [0.1, 0.15) is 6.61 Å². The first-order chi connectivity index (χ1) is 9.09. The molecule has 1 heterocycles. The van der Waals surface area contributed by atoms with Gasteiger partial charge in [0.2, 0.25) is 0 Å². The molecule has 0 radical (unpaired) electrons. The van der Waals surface area contributed by atoms with Crippen molar-refractivity contribution >= 4 is 12.1 Å². The highest BCUT2D eigenvalue weighted by Crippen LogP contribution is 2.19. The number of hydrogen-bond donors (Lipinski definition) is 2. The summed E-state index contributed by atoms with van der Waals surface area (Å²) in [5.41, 5.74) is 0.822. The smallest absolute Gasteiger partial charge is 0.410 e. The summed E-state index contributed by atoms with van der Waals surface area (Å²) >= 11 is 0. The van der Waals surface area contributed by atoms with Crippen LogP contribution in [0, 0.1) is 0 Å². The zero-order valence-corrected chi connectivity index (χ0v) is 10.2. The van der Waals surface area contributed by atoms with Crippen LogP contribution in [0.3, 0.4) is 0 Å². The molecular weight excluding hydrogens is 250 g/mol. The fraction of sp³-hybridized carbons (Fsp3) is 0.385. The van der Waals surface area contributed by atoms with Crippen molar-refractivity contribution in [2.45, 2.75) is 25.2 Å². The molecule has 1 aromatic carbocycles. The summed E-state index contributed by atoms with van der Waals surface area (Å²) in [5, 5.41) is 18.5. The number of aliphatic carboxylic acids is 1. The topological polar surface area (TPSA) is 87.1 Å². The highest BCUT2D eigenvalue weighted by atomic mass is 16.6. The van der Waals surface area contributed by atoms with Gasteiger partial charge in [0.15, 0.2) is 6.04 Å². The SMILES string of the molecule is O=C(O)[C@@H]1[C@H](O)CCN1C(=O)OCc1ccccc1. The van der Waals surface area contributed by atoms with Crippen LogP contribution in [-0.4, -0.2) is 45.9 Å². The van der Waals surface area contributed by atoms with Crippen molar-refractivity contribution < 1.29 is 24.5 Å². The Bertz CT molecular complexity index is 461. The highest BCUT2D eigenvalue weighted by Gasteiger charge is 2.41. The van der Waals surface area contributed by atoms with Crippen LogP contribution in [-0.2, 0) is 16.1 Å². The number of hydrogen-bond acceptors (Lipinski definition) is 4. The summed E-state index contributed by atoms with van der Waals surface area (Å²) in [7, 11) is 0. The lowest BCUT2D eigenvalue weighted by Crippen LogP contribution is -2.45. The van der Waals surface area contributed by atoms with Gasteiger partial charge in [0.05, 0.1) is 6.10 Å². The summed E-state index contributed by atoms with van der Waals surface area (Å²) in [4.78, 5) is 23.9. The Balaban J connectivity index is 1.95. The number of carbonyl (C=O) groups is 2. The largest absolute Gasteiger partial charge is 0.480 e. The van der Waals surface area contributed by atoms with Crippen molar-refractivity contribution in [1.29, 1.82) is 0 Å². The Morgan fingerprint density at radius 2 is 2.00 bits per heavy atom. The van der Waals surface area contributed by atoms with E-state index in [9.17, 15) is 14.7 Å². The molecule has 1 aliphatic heterocycles. The van der Waals surface area contributed by atoms with Crippen LogP contribution in [0.4, 0.5) is 4.79 Å². The zero-order chi connectivity index (χ0) is 13.8. The van der Waals surface area contributed by atoms with Crippen molar-refractivity contribution in [2.75, 3.05) is 6.54 Å². The number of likely N-dealkylation sites (tertiary alicyclic amines) is 1. The van der Waals surface area contributed by atoms with Gasteiger partial charge in [0, 0.05) is 6.54 Å². The predicted molar refractivity (Wildman–Crippen MR) is 65.4 cm³/mol. The second-order valence-corrected chi connectivity index (χ2v) is 4.37. The molecule has 0 bridgehead atoms. The number of benzene rings is 1. The number of aliphatic hydroxyl groups excluding tert-OH is 1. The van der Waals surface area contributed by atoms with E-state index in [1.54, 1.807) is 12.1 Å². The van der Waals surface area contributed by atoms with Crippen LogP contribution in [0.5, 0.6) is 0 Å². The molecular formula is C13H15NO5. The third-order valence-corrected chi connectivity index (χ3v) is 3.06. The van der Waals surface area contributed by atoms with Crippen LogP contribution in [0.15, 0.2) is 30.3 Å². The highest BCUT2D eigenvalue weighted by molar-refractivity contribution is 5.81. The van der Waals surface area contributed by atoms with E-state index in [1.807, 2.05) is 18.2 Å². The maximum Gasteiger partial charge on any atom is 0.410 e. The fourth-order valence-electron chi connectivity index (χ4n) is 2.08. The average Bonchev–Trinajstić information content (AvgIpc) is 2.79. The number of amides is 1. The van der Waals surface area contributed by atoms with Crippen molar-refractivity contribution in [2.24, 2.45) is 0 Å². The van der Waals surface area contributed by atoms with Gasteiger partial charge in [-0.3, -0.25) is 4.90 Å². The molecule has 0 aromatic heterocycles. The van der Waals surface area contributed by atoms with E-state index >= 15 is 0 Å². The number of carboxylic acid groups (broad SMARTS) is 1. The fourth-order valence-corrected chi connectivity index (χ4v) is 2.08. The first-order valence-corrected chi connectivity index (χ1v) is 5.98. The van der Waals surface area contributed by atoms with Crippen LogP contribution in [0.2, 0.25) is 0 Å². The Kier molecular flexibility index (Phi) is 4.01. The van der Waals surface area contributed by atoms with Crippen molar-refractivity contribution in [1.82, 2.24) is 4.90 Å². The summed E-state index contributed by atoms with van der Waals surface area (Å²) in [6, 6.07) is 7.89. The number of ether oxygens (including phenoxy) is 1. The van der Waals surface area contributed by atoms with Crippen LogP contribution in [0.1, 0.15) is 12.0 Å². The van der Waals surface area contributed by atoms with Crippen LogP contribution >= 0.6 is 0 Å². The maximum absolute atomic E-state index is 11.8. The second kappa shape index (κ2) is 5.71. The molecule has 19 heavy (non-hydrogen) atoms. The third-order valence-electron chi connectivity index (χ3n) is 3.06. The van der Waals surface area contributed by atoms with E-state index in [2.05, 4.69) is 0 Å². The molecule has 6 heteroatoms. The Labute approximate surface area is 110 Å². The Hall–Kier alpha value is -2.08. The number of rotatable bonds is 3. The molecule has 0 unspecified atom stereocenters. The molecule has 1 amide bonds. The lowest BCUT2D eigenvalue weighted by molar-refractivity contribution is -0.144. The van der Waals surface area contributed by atoms with E-state index in [0.29, 0.717) is 0 Å². The molecule has 0 saturated carbocycles. The van der Waals surface area contributed by atoms with Crippen molar-refractivity contribution in [3.05, 3.63) is 35.9 Å². The first kappa shape index (κ1) is 13.4. The second-order valence-electron chi connectivity index (χ2n) is 4.37. The summed E-state index contributed by atoms with van der Waals surface area (Å²) in [5.74, 6) is -1.22. The standard InChI is InChI=1S/C13H15NO5/c15-10-6-7-14(11(10)12(16)17)13(18)19-8-9-4-2-1-3-5-9/h1-5,10-11,15H,6-8H2,(H,16,17)/t10-,11+/m1/s1. The van der Waals surface area contributed by atoms with Gasteiger partial charge in [-0.1, -0.05) is 30.3 Å². The van der Waals surface area contributed by atoms with Gasteiger partial charge in [-0.2, -0.15) is 0 Å². The normalized spacial score (nSPS) is 22.3. The summed E-state index contributed by atoms with van der Waals surface area (Å²) < 4.78 is 5.05. The van der Waals surface area contributed by atoms with Crippen molar-refractivity contribution in [3.8, 4) is 0 Å². The third kappa shape index (κ3) is 3.03. The van der Waals surface area contributed by atoms with Gasteiger partial charge >= 0.3 is 12.1 Å².